The highest BCUT2D eigenvalue weighted by Crippen LogP contribution is 2.34. The van der Waals surface area contributed by atoms with Gasteiger partial charge in [-0.15, -0.1) is 0 Å². The highest BCUT2D eigenvalue weighted by Gasteiger charge is 2.25. The zero-order valence-corrected chi connectivity index (χ0v) is 19.9. The van der Waals surface area contributed by atoms with Crippen LogP contribution in [0.3, 0.4) is 0 Å². The van der Waals surface area contributed by atoms with E-state index in [0.29, 0.717) is 28.0 Å². The normalized spacial score (nSPS) is 20.1. The Morgan fingerprint density at radius 2 is 1.93 bits per heavy atom. The third kappa shape index (κ3) is 4.64. The lowest BCUT2D eigenvalue weighted by Crippen LogP contribution is -2.54. The van der Waals surface area contributed by atoms with Crippen LogP contribution in [0.4, 0.5) is 11.4 Å². The number of hydrogen-bond donors (Lipinski definition) is 2. The van der Waals surface area contributed by atoms with Gasteiger partial charge in [-0.3, -0.25) is 4.72 Å². The molecule has 0 aliphatic carbocycles. The van der Waals surface area contributed by atoms with Gasteiger partial charge >= 0.3 is 0 Å². The molecular formula is C19H23Br2N3O3S. The first kappa shape index (κ1) is 21.4. The monoisotopic (exact) mass is 531 g/mol. The molecule has 1 aliphatic heterocycles. The Kier molecular flexibility index (Phi) is 6.58. The molecule has 1 aliphatic rings. The van der Waals surface area contributed by atoms with Crippen LogP contribution in [0.5, 0.6) is 5.75 Å². The highest BCUT2D eigenvalue weighted by atomic mass is 79.9. The van der Waals surface area contributed by atoms with Gasteiger partial charge in [-0.25, -0.2) is 8.42 Å². The molecule has 1 heterocycles. The summed E-state index contributed by atoms with van der Waals surface area (Å²) in [6.07, 6.45) is 0. The number of methoxy groups -OCH3 is 1. The van der Waals surface area contributed by atoms with Crippen LogP contribution in [-0.2, 0) is 10.0 Å². The summed E-state index contributed by atoms with van der Waals surface area (Å²) in [6.45, 7) is 6.00. The minimum Gasteiger partial charge on any atom is -0.495 e. The Hall–Kier alpha value is -1.29. The Morgan fingerprint density at radius 1 is 1.18 bits per heavy atom. The second kappa shape index (κ2) is 8.61. The summed E-state index contributed by atoms with van der Waals surface area (Å²) in [5, 5.41) is 3.45. The van der Waals surface area contributed by atoms with Gasteiger partial charge in [0.25, 0.3) is 10.0 Å². The number of halogens is 2. The van der Waals surface area contributed by atoms with Gasteiger partial charge in [0, 0.05) is 39.8 Å². The van der Waals surface area contributed by atoms with Gasteiger partial charge in [-0.1, -0.05) is 15.9 Å². The number of nitrogens with one attached hydrogen (secondary N) is 2. The number of hydrogen-bond acceptors (Lipinski definition) is 5. The average molecular weight is 533 g/mol. The third-order valence-electron chi connectivity index (χ3n) is 4.71. The predicted octanol–water partition coefficient (Wildman–Crippen LogP) is 4.21. The van der Waals surface area contributed by atoms with Crippen molar-refractivity contribution in [1.29, 1.82) is 0 Å². The van der Waals surface area contributed by atoms with E-state index in [0.717, 1.165) is 23.2 Å². The number of ether oxygens (including phenoxy) is 1. The highest BCUT2D eigenvalue weighted by molar-refractivity contribution is 9.11. The fourth-order valence-corrected chi connectivity index (χ4v) is 6.04. The molecule has 2 unspecified atom stereocenters. The first-order chi connectivity index (χ1) is 13.2. The smallest absolute Gasteiger partial charge is 0.263 e. The molecule has 0 amide bonds. The van der Waals surface area contributed by atoms with Gasteiger partial charge in [-0.2, -0.15) is 0 Å². The van der Waals surface area contributed by atoms with Crippen molar-refractivity contribution in [3.8, 4) is 5.75 Å². The summed E-state index contributed by atoms with van der Waals surface area (Å²) in [4.78, 5) is 2.43. The summed E-state index contributed by atoms with van der Waals surface area (Å²) in [6, 6.07) is 11.2. The molecule has 0 radical (unpaired) electrons. The molecule has 1 fully saturated rings. The van der Waals surface area contributed by atoms with Gasteiger partial charge < -0.3 is 15.0 Å². The fourth-order valence-electron chi connectivity index (χ4n) is 3.23. The molecule has 2 atom stereocenters. The van der Waals surface area contributed by atoms with Crippen LogP contribution in [-0.4, -0.2) is 40.7 Å². The third-order valence-corrected chi connectivity index (χ3v) is 7.54. The molecule has 2 aromatic rings. The number of rotatable bonds is 5. The molecule has 9 heteroatoms. The van der Waals surface area contributed by atoms with E-state index >= 15 is 0 Å². The zero-order valence-electron chi connectivity index (χ0n) is 15.9. The summed E-state index contributed by atoms with van der Waals surface area (Å²) in [5.41, 5.74) is 1.36. The van der Waals surface area contributed by atoms with Crippen LogP contribution in [0, 0.1) is 0 Å². The van der Waals surface area contributed by atoms with Crippen LogP contribution < -0.4 is 19.7 Å². The summed E-state index contributed by atoms with van der Waals surface area (Å²) in [5.74, 6) is 0.469. The predicted molar refractivity (Wildman–Crippen MR) is 120 cm³/mol. The quantitative estimate of drug-likeness (QED) is 0.603. The van der Waals surface area contributed by atoms with Crippen molar-refractivity contribution in [3.05, 3.63) is 45.3 Å². The van der Waals surface area contributed by atoms with Crippen molar-refractivity contribution in [2.24, 2.45) is 0 Å². The second-order valence-electron chi connectivity index (χ2n) is 6.88. The van der Waals surface area contributed by atoms with Crippen LogP contribution in [0.1, 0.15) is 13.8 Å². The van der Waals surface area contributed by atoms with E-state index in [1.807, 2.05) is 12.1 Å². The topological polar surface area (TPSA) is 70.7 Å². The number of benzene rings is 2. The molecule has 0 aromatic heterocycles. The lowest BCUT2D eigenvalue weighted by molar-refractivity contribution is 0.415. The first-order valence-electron chi connectivity index (χ1n) is 8.87. The molecule has 1 saturated heterocycles. The molecule has 0 saturated carbocycles. The van der Waals surface area contributed by atoms with Crippen LogP contribution in [0.2, 0.25) is 0 Å². The van der Waals surface area contributed by atoms with Crippen LogP contribution >= 0.6 is 31.9 Å². The Labute approximate surface area is 183 Å². The summed E-state index contributed by atoms with van der Waals surface area (Å²) < 4.78 is 35.3. The maximum absolute atomic E-state index is 13.0. The van der Waals surface area contributed by atoms with Gasteiger partial charge in [-0.05, 0) is 66.2 Å². The Balaban J connectivity index is 1.96. The molecule has 2 aromatic carbocycles. The van der Waals surface area contributed by atoms with Crippen molar-refractivity contribution >= 4 is 53.3 Å². The molecule has 28 heavy (non-hydrogen) atoms. The van der Waals surface area contributed by atoms with E-state index in [1.165, 1.54) is 7.11 Å². The van der Waals surface area contributed by atoms with Crippen LogP contribution in [0.25, 0.3) is 0 Å². The molecule has 6 nitrogen and oxygen atoms in total. The van der Waals surface area contributed by atoms with Gasteiger partial charge in [0.2, 0.25) is 0 Å². The number of sulfonamides is 1. The van der Waals surface area contributed by atoms with Crippen molar-refractivity contribution < 1.29 is 13.2 Å². The van der Waals surface area contributed by atoms with E-state index in [1.54, 1.807) is 24.3 Å². The molecule has 0 spiro atoms. The van der Waals surface area contributed by atoms with Gasteiger partial charge in [0.05, 0.1) is 12.8 Å². The van der Waals surface area contributed by atoms with E-state index in [-0.39, 0.29) is 4.90 Å². The maximum Gasteiger partial charge on any atom is 0.263 e. The number of nitrogens with zero attached hydrogens (tertiary/aromatic N) is 1. The summed E-state index contributed by atoms with van der Waals surface area (Å²) in [7, 11) is -2.27. The fraction of sp³-hybridized carbons (Fsp3) is 0.368. The standard InChI is InChI=1S/C19H23Br2N3O3S/c1-12-11-24(13(2)10-22-12)15-5-6-18(27-3)17(9-15)23-28(25,26)19-7-4-14(20)8-16(19)21/h4-9,12-13,22-23H,10-11H2,1-3H3. The minimum absolute atomic E-state index is 0.160. The SMILES string of the molecule is COc1ccc(N2CC(C)NCC2C)cc1NS(=O)(=O)c1ccc(Br)cc1Br. The lowest BCUT2D eigenvalue weighted by Gasteiger charge is -2.39. The first-order valence-corrected chi connectivity index (χ1v) is 11.9. The van der Waals surface area contributed by atoms with Crippen molar-refractivity contribution in [3.63, 3.8) is 0 Å². The van der Waals surface area contributed by atoms with Crippen molar-refractivity contribution in [1.82, 2.24) is 5.32 Å². The van der Waals surface area contributed by atoms with Crippen molar-refractivity contribution in [2.45, 2.75) is 30.8 Å². The second-order valence-corrected chi connectivity index (χ2v) is 10.3. The van der Waals surface area contributed by atoms with E-state index in [2.05, 4.69) is 60.6 Å². The molecule has 152 valence electrons. The van der Waals surface area contributed by atoms with Crippen molar-refractivity contribution in [2.75, 3.05) is 29.8 Å². The summed E-state index contributed by atoms with van der Waals surface area (Å²) >= 11 is 6.67. The average Bonchev–Trinajstić information content (AvgIpc) is 2.63. The van der Waals surface area contributed by atoms with E-state index in [4.69, 9.17) is 4.74 Å². The van der Waals surface area contributed by atoms with Crippen LogP contribution in [0.15, 0.2) is 50.2 Å². The lowest BCUT2D eigenvalue weighted by atomic mass is 10.1. The number of piperazine rings is 1. The van der Waals surface area contributed by atoms with E-state index in [9.17, 15) is 8.42 Å². The molecule has 0 bridgehead atoms. The molecule has 3 rings (SSSR count). The molecule has 2 N–H and O–H groups in total. The minimum atomic E-state index is -3.79. The Bertz CT molecular complexity index is 969. The Morgan fingerprint density at radius 3 is 2.61 bits per heavy atom. The largest absolute Gasteiger partial charge is 0.495 e. The van der Waals surface area contributed by atoms with E-state index < -0.39 is 10.0 Å². The number of anilines is 2. The van der Waals surface area contributed by atoms with Gasteiger partial charge in [0.15, 0.2) is 0 Å². The maximum atomic E-state index is 13.0. The van der Waals surface area contributed by atoms with Gasteiger partial charge in [0.1, 0.15) is 10.6 Å². The zero-order chi connectivity index (χ0) is 20.5. The molecular weight excluding hydrogens is 510 g/mol.